The minimum Gasteiger partial charge on any atom is -0.323 e. The highest BCUT2D eigenvalue weighted by Crippen LogP contribution is 2.26. The van der Waals surface area contributed by atoms with Crippen LogP contribution in [0.5, 0.6) is 0 Å². The molecule has 0 saturated heterocycles. The van der Waals surface area contributed by atoms with Crippen LogP contribution in [0.3, 0.4) is 0 Å². The fraction of sp³-hybridized carbons (Fsp3) is 0. The smallest absolute Gasteiger partial charge is 0.157 e. The summed E-state index contributed by atoms with van der Waals surface area (Å²) < 4.78 is 27.1. The molecule has 0 aliphatic heterocycles. The standard InChI is InChI=1S/C12H6ClF2N3/c13-7-5-8(14)6(4-9(7)15)11-17-10-2-1-3-16-12(10)18-11/h1-5H,(H,16,17,18). The molecule has 0 saturated carbocycles. The van der Waals surface area contributed by atoms with Gasteiger partial charge in [-0.25, -0.2) is 18.7 Å². The summed E-state index contributed by atoms with van der Waals surface area (Å²) in [6.07, 6.45) is 1.59. The van der Waals surface area contributed by atoms with Gasteiger partial charge in [0.2, 0.25) is 0 Å². The predicted octanol–water partition coefficient (Wildman–Crippen LogP) is 3.56. The van der Waals surface area contributed by atoms with Gasteiger partial charge in [-0.2, -0.15) is 0 Å². The molecule has 1 aromatic carbocycles. The Hall–Kier alpha value is -2.01. The van der Waals surface area contributed by atoms with Gasteiger partial charge in [0.1, 0.15) is 23.0 Å². The molecular formula is C12H6ClF2N3. The van der Waals surface area contributed by atoms with Crippen LogP contribution in [0.4, 0.5) is 8.78 Å². The van der Waals surface area contributed by atoms with Crippen LogP contribution in [0.1, 0.15) is 0 Å². The second kappa shape index (κ2) is 4.03. The highest BCUT2D eigenvalue weighted by atomic mass is 35.5. The van der Waals surface area contributed by atoms with Crippen molar-refractivity contribution in [1.82, 2.24) is 15.0 Å². The third-order valence-corrected chi connectivity index (χ3v) is 2.81. The number of aromatic nitrogens is 3. The Morgan fingerprint density at radius 1 is 1.17 bits per heavy atom. The number of rotatable bonds is 1. The van der Waals surface area contributed by atoms with E-state index in [1.165, 1.54) is 0 Å². The first-order valence-corrected chi connectivity index (χ1v) is 5.48. The van der Waals surface area contributed by atoms with Crippen molar-refractivity contribution in [3.8, 4) is 11.4 Å². The van der Waals surface area contributed by atoms with Gasteiger partial charge in [-0.3, -0.25) is 0 Å². The lowest BCUT2D eigenvalue weighted by atomic mass is 10.2. The van der Waals surface area contributed by atoms with E-state index in [2.05, 4.69) is 15.0 Å². The molecule has 0 bridgehead atoms. The lowest BCUT2D eigenvalue weighted by Gasteiger charge is -2.01. The number of imidazole rings is 1. The summed E-state index contributed by atoms with van der Waals surface area (Å²) >= 11 is 5.49. The minimum absolute atomic E-state index is 0.0231. The SMILES string of the molecule is Fc1cc(-c2nc3cccnc3[nH]2)c(F)cc1Cl. The number of pyridine rings is 1. The van der Waals surface area contributed by atoms with Crippen LogP contribution in [0.2, 0.25) is 5.02 Å². The summed E-state index contributed by atoms with van der Waals surface area (Å²) in [6.45, 7) is 0. The molecular weight excluding hydrogens is 260 g/mol. The van der Waals surface area contributed by atoms with Gasteiger partial charge in [0.15, 0.2) is 5.65 Å². The van der Waals surface area contributed by atoms with E-state index in [1.54, 1.807) is 18.3 Å². The molecule has 0 aliphatic rings. The number of hydrogen-bond donors (Lipinski definition) is 1. The first kappa shape index (κ1) is 11.1. The van der Waals surface area contributed by atoms with Crippen molar-refractivity contribution >= 4 is 22.8 Å². The van der Waals surface area contributed by atoms with Crippen LogP contribution in [0, 0.1) is 11.6 Å². The second-order valence-electron chi connectivity index (χ2n) is 3.70. The summed E-state index contributed by atoms with van der Waals surface area (Å²) in [7, 11) is 0. The van der Waals surface area contributed by atoms with E-state index in [9.17, 15) is 8.78 Å². The molecule has 0 amide bonds. The maximum atomic E-state index is 13.7. The van der Waals surface area contributed by atoms with Gasteiger partial charge in [0, 0.05) is 6.20 Å². The van der Waals surface area contributed by atoms with Crippen molar-refractivity contribution in [2.45, 2.75) is 0 Å². The Morgan fingerprint density at radius 3 is 2.78 bits per heavy atom. The Bertz CT molecular complexity index is 706. The zero-order valence-corrected chi connectivity index (χ0v) is 9.67. The first-order chi connectivity index (χ1) is 8.65. The first-order valence-electron chi connectivity index (χ1n) is 5.11. The predicted molar refractivity (Wildman–Crippen MR) is 64.3 cm³/mol. The molecule has 18 heavy (non-hydrogen) atoms. The molecule has 2 heterocycles. The van der Waals surface area contributed by atoms with Crippen LogP contribution in [0.25, 0.3) is 22.6 Å². The quantitative estimate of drug-likeness (QED) is 0.684. The van der Waals surface area contributed by atoms with Crippen LogP contribution in [-0.4, -0.2) is 15.0 Å². The number of halogens is 3. The highest BCUT2D eigenvalue weighted by molar-refractivity contribution is 6.30. The number of benzene rings is 1. The van der Waals surface area contributed by atoms with Gasteiger partial charge >= 0.3 is 0 Å². The molecule has 0 unspecified atom stereocenters. The fourth-order valence-electron chi connectivity index (χ4n) is 1.68. The monoisotopic (exact) mass is 265 g/mol. The molecule has 3 rings (SSSR count). The number of nitrogens with zero attached hydrogens (tertiary/aromatic N) is 2. The summed E-state index contributed by atoms with van der Waals surface area (Å²) in [5, 5.41) is -0.259. The third kappa shape index (κ3) is 1.73. The number of nitrogens with one attached hydrogen (secondary N) is 1. The van der Waals surface area contributed by atoms with E-state index in [0.717, 1.165) is 12.1 Å². The number of H-pyrrole nitrogens is 1. The van der Waals surface area contributed by atoms with Crippen molar-refractivity contribution < 1.29 is 8.78 Å². The molecule has 3 aromatic rings. The van der Waals surface area contributed by atoms with E-state index in [4.69, 9.17) is 11.6 Å². The van der Waals surface area contributed by atoms with Crippen molar-refractivity contribution in [3.63, 3.8) is 0 Å². The molecule has 0 fully saturated rings. The van der Waals surface area contributed by atoms with Crippen molar-refractivity contribution in [2.75, 3.05) is 0 Å². The Morgan fingerprint density at radius 2 is 2.00 bits per heavy atom. The summed E-state index contributed by atoms with van der Waals surface area (Å²) in [6, 6.07) is 5.38. The van der Waals surface area contributed by atoms with E-state index in [1.807, 2.05) is 0 Å². The fourth-order valence-corrected chi connectivity index (χ4v) is 1.83. The summed E-state index contributed by atoms with van der Waals surface area (Å²) in [5.41, 5.74) is 1.12. The van der Waals surface area contributed by atoms with E-state index < -0.39 is 11.6 Å². The van der Waals surface area contributed by atoms with E-state index >= 15 is 0 Å². The van der Waals surface area contributed by atoms with Crippen LogP contribution in [-0.2, 0) is 0 Å². The van der Waals surface area contributed by atoms with Gasteiger partial charge in [-0.05, 0) is 24.3 Å². The van der Waals surface area contributed by atoms with Crippen molar-refractivity contribution in [3.05, 3.63) is 47.1 Å². The summed E-state index contributed by atoms with van der Waals surface area (Å²) in [4.78, 5) is 11.0. The molecule has 3 nitrogen and oxygen atoms in total. The molecule has 0 spiro atoms. The molecule has 6 heteroatoms. The average molecular weight is 266 g/mol. The van der Waals surface area contributed by atoms with Gasteiger partial charge in [0.25, 0.3) is 0 Å². The number of hydrogen-bond acceptors (Lipinski definition) is 2. The van der Waals surface area contributed by atoms with E-state index in [0.29, 0.717) is 11.2 Å². The Kier molecular flexibility index (Phi) is 2.48. The molecule has 0 atom stereocenters. The normalized spacial score (nSPS) is 11.1. The number of aromatic amines is 1. The maximum absolute atomic E-state index is 13.7. The van der Waals surface area contributed by atoms with Gasteiger partial charge in [-0.1, -0.05) is 11.6 Å². The number of fused-ring (bicyclic) bond motifs is 1. The molecule has 90 valence electrons. The maximum Gasteiger partial charge on any atom is 0.157 e. The van der Waals surface area contributed by atoms with E-state index in [-0.39, 0.29) is 16.4 Å². The van der Waals surface area contributed by atoms with Gasteiger partial charge < -0.3 is 4.98 Å². The molecule has 1 N–H and O–H groups in total. The zero-order chi connectivity index (χ0) is 12.7. The zero-order valence-electron chi connectivity index (χ0n) is 8.92. The molecule has 2 aromatic heterocycles. The average Bonchev–Trinajstić information content (AvgIpc) is 2.77. The minimum atomic E-state index is -0.693. The van der Waals surface area contributed by atoms with Crippen LogP contribution in [0.15, 0.2) is 30.5 Å². The third-order valence-electron chi connectivity index (χ3n) is 2.52. The second-order valence-corrected chi connectivity index (χ2v) is 4.11. The molecule has 0 radical (unpaired) electrons. The Labute approximate surface area is 105 Å². The molecule has 0 aliphatic carbocycles. The van der Waals surface area contributed by atoms with Gasteiger partial charge in [-0.15, -0.1) is 0 Å². The van der Waals surface area contributed by atoms with Crippen LogP contribution < -0.4 is 0 Å². The highest BCUT2D eigenvalue weighted by Gasteiger charge is 2.14. The van der Waals surface area contributed by atoms with Crippen molar-refractivity contribution in [1.29, 1.82) is 0 Å². The largest absolute Gasteiger partial charge is 0.323 e. The Balaban J connectivity index is 2.22. The lowest BCUT2D eigenvalue weighted by Crippen LogP contribution is -1.89. The van der Waals surface area contributed by atoms with Crippen LogP contribution >= 0.6 is 11.6 Å². The van der Waals surface area contributed by atoms with Gasteiger partial charge in [0.05, 0.1) is 10.6 Å². The lowest BCUT2D eigenvalue weighted by molar-refractivity contribution is 0.602. The van der Waals surface area contributed by atoms with Crippen molar-refractivity contribution in [2.24, 2.45) is 0 Å². The topological polar surface area (TPSA) is 41.6 Å². The summed E-state index contributed by atoms with van der Waals surface area (Å²) in [5.74, 6) is -1.11.